The van der Waals surface area contributed by atoms with Crippen LogP contribution in [0.25, 0.3) is 10.8 Å². The van der Waals surface area contributed by atoms with Crippen molar-refractivity contribution in [1.29, 1.82) is 0 Å². The van der Waals surface area contributed by atoms with Crippen LogP contribution >= 0.6 is 0 Å². The van der Waals surface area contributed by atoms with E-state index in [0.29, 0.717) is 6.54 Å². The fourth-order valence-electron chi connectivity index (χ4n) is 3.46. The van der Waals surface area contributed by atoms with Crippen molar-refractivity contribution < 1.29 is 19.2 Å². The molecule has 3 rings (SSSR count). The van der Waals surface area contributed by atoms with Gasteiger partial charge in [-0.05, 0) is 48.0 Å². The van der Waals surface area contributed by atoms with Gasteiger partial charge in [-0.15, -0.1) is 0 Å². The van der Waals surface area contributed by atoms with E-state index in [1.54, 1.807) is 14.2 Å². The fourth-order valence-corrected chi connectivity index (χ4v) is 3.46. The number of quaternary nitrogens is 1. The molecule has 0 aliphatic carbocycles. The van der Waals surface area contributed by atoms with Gasteiger partial charge in [0.05, 0.1) is 20.7 Å². The van der Waals surface area contributed by atoms with E-state index in [1.807, 2.05) is 56.4 Å². The highest BCUT2D eigenvalue weighted by Gasteiger charge is 2.17. The summed E-state index contributed by atoms with van der Waals surface area (Å²) >= 11 is 0. The first-order valence-electron chi connectivity index (χ1n) is 10.3. The molecular weight excluding hydrogens is 390 g/mol. The van der Waals surface area contributed by atoms with Gasteiger partial charge in [-0.3, -0.25) is 9.59 Å². The SMILES string of the molecule is COc1ccc2cc(C[NH+](C)CC(=O)N(C)CC(=O)Nc3ccc(C)cc3)ccc2c1. The second kappa shape index (κ2) is 10.1. The fraction of sp³-hybridized carbons (Fsp3) is 0.280. The van der Waals surface area contributed by atoms with Crippen LogP contribution in [0.2, 0.25) is 0 Å². The molecule has 0 fully saturated rings. The molecule has 3 aromatic carbocycles. The number of fused-ring (bicyclic) bond motifs is 1. The number of amides is 2. The Morgan fingerprint density at radius 3 is 2.39 bits per heavy atom. The predicted octanol–water partition coefficient (Wildman–Crippen LogP) is 2.27. The van der Waals surface area contributed by atoms with Crippen molar-refractivity contribution in [3.8, 4) is 5.75 Å². The number of likely N-dealkylation sites (N-methyl/N-ethyl adjacent to an activating group) is 2. The van der Waals surface area contributed by atoms with Gasteiger partial charge in [-0.1, -0.05) is 35.9 Å². The Kier molecular flexibility index (Phi) is 7.26. The highest BCUT2D eigenvalue weighted by molar-refractivity contribution is 5.94. The quantitative estimate of drug-likeness (QED) is 0.588. The van der Waals surface area contributed by atoms with Crippen LogP contribution in [-0.2, 0) is 16.1 Å². The third-order valence-corrected chi connectivity index (χ3v) is 5.21. The summed E-state index contributed by atoms with van der Waals surface area (Å²) < 4.78 is 5.27. The first kappa shape index (κ1) is 22.3. The summed E-state index contributed by atoms with van der Waals surface area (Å²) in [6.45, 7) is 3.05. The molecule has 6 nitrogen and oxygen atoms in total. The molecule has 0 aromatic heterocycles. The van der Waals surface area contributed by atoms with Gasteiger partial charge >= 0.3 is 0 Å². The summed E-state index contributed by atoms with van der Waals surface area (Å²) in [6.07, 6.45) is 0. The van der Waals surface area contributed by atoms with Crippen LogP contribution in [-0.4, -0.2) is 51.0 Å². The van der Waals surface area contributed by atoms with Gasteiger partial charge in [-0.2, -0.15) is 0 Å². The summed E-state index contributed by atoms with van der Waals surface area (Å²) in [4.78, 5) is 27.3. The van der Waals surface area contributed by atoms with Crippen LogP contribution in [0.5, 0.6) is 5.75 Å². The number of anilines is 1. The number of carbonyl (C=O) groups excluding carboxylic acids is 2. The van der Waals surface area contributed by atoms with Crippen LogP contribution < -0.4 is 15.0 Å². The van der Waals surface area contributed by atoms with Crippen LogP contribution in [0.15, 0.2) is 60.7 Å². The average molecular weight is 421 g/mol. The van der Waals surface area contributed by atoms with E-state index in [1.165, 1.54) is 4.90 Å². The number of hydrogen-bond acceptors (Lipinski definition) is 3. The third kappa shape index (κ3) is 6.30. The van der Waals surface area contributed by atoms with Crippen molar-refractivity contribution in [3.05, 3.63) is 71.8 Å². The largest absolute Gasteiger partial charge is 0.497 e. The zero-order valence-electron chi connectivity index (χ0n) is 18.6. The lowest BCUT2D eigenvalue weighted by Crippen LogP contribution is -3.08. The lowest BCUT2D eigenvalue weighted by Gasteiger charge is -2.20. The molecule has 0 aliphatic rings. The second-order valence-electron chi connectivity index (χ2n) is 8.02. The zero-order chi connectivity index (χ0) is 22.4. The standard InChI is InChI=1S/C25H29N3O3/c1-18-5-10-22(11-6-18)26-24(29)16-28(3)25(30)17-27(2)15-19-7-8-21-14-23(31-4)12-9-20(21)13-19/h5-14H,15-17H2,1-4H3,(H,26,29)/p+1. The van der Waals surface area contributed by atoms with Gasteiger partial charge in [-0.25, -0.2) is 0 Å². The summed E-state index contributed by atoms with van der Waals surface area (Å²) in [6, 6.07) is 19.9. The Balaban J connectivity index is 1.51. The topological polar surface area (TPSA) is 63.1 Å². The monoisotopic (exact) mass is 420 g/mol. The summed E-state index contributed by atoms with van der Waals surface area (Å²) in [5.41, 5.74) is 3.01. The minimum absolute atomic E-state index is 0.0256. The van der Waals surface area contributed by atoms with Crippen LogP contribution in [0.4, 0.5) is 5.69 Å². The molecule has 31 heavy (non-hydrogen) atoms. The van der Waals surface area contributed by atoms with Crippen molar-refractivity contribution in [2.45, 2.75) is 13.5 Å². The van der Waals surface area contributed by atoms with Gasteiger partial charge in [0.15, 0.2) is 6.54 Å². The number of rotatable bonds is 8. The Hall–Kier alpha value is -3.38. The Labute approximate surface area is 183 Å². The number of methoxy groups -OCH3 is 1. The summed E-state index contributed by atoms with van der Waals surface area (Å²) in [5.74, 6) is 0.562. The maximum atomic E-state index is 12.6. The highest BCUT2D eigenvalue weighted by atomic mass is 16.5. The average Bonchev–Trinajstić information content (AvgIpc) is 2.74. The minimum Gasteiger partial charge on any atom is -0.497 e. The van der Waals surface area contributed by atoms with Gasteiger partial charge < -0.3 is 19.9 Å². The Morgan fingerprint density at radius 1 is 1.00 bits per heavy atom. The molecule has 0 radical (unpaired) electrons. The number of carbonyl (C=O) groups is 2. The number of nitrogens with one attached hydrogen (secondary N) is 2. The van der Waals surface area contributed by atoms with E-state index >= 15 is 0 Å². The molecule has 6 heteroatoms. The number of aryl methyl sites for hydroxylation is 1. The number of benzene rings is 3. The third-order valence-electron chi connectivity index (χ3n) is 5.21. The van der Waals surface area contributed by atoms with Crippen LogP contribution in [0.1, 0.15) is 11.1 Å². The molecule has 0 saturated heterocycles. The maximum Gasteiger partial charge on any atom is 0.277 e. The molecule has 0 spiro atoms. The molecule has 0 saturated carbocycles. The molecule has 1 unspecified atom stereocenters. The van der Waals surface area contributed by atoms with Crippen LogP contribution in [0, 0.1) is 6.92 Å². The van der Waals surface area contributed by atoms with Gasteiger partial charge in [0.2, 0.25) is 5.91 Å². The van der Waals surface area contributed by atoms with Crippen molar-refractivity contribution in [2.75, 3.05) is 39.6 Å². The van der Waals surface area contributed by atoms with Crippen LogP contribution in [0.3, 0.4) is 0 Å². The molecule has 0 bridgehead atoms. The summed E-state index contributed by atoms with van der Waals surface area (Å²) in [7, 11) is 5.30. The molecule has 0 aliphatic heterocycles. The normalized spacial score (nSPS) is 11.7. The zero-order valence-corrected chi connectivity index (χ0v) is 18.6. The van der Waals surface area contributed by atoms with Gasteiger partial charge in [0.1, 0.15) is 12.3 Å². The highest BCUT2D eigenvalue weighted by Crippen LogP contribution is 2.21. The van der Waals surface area contributed by atoms with Crippen molar-refractivity contribution in [2.24, 2.45) is 0 Å². The number of ether oxygens (including phenoxy) is 1. The molecule has 3 aromatic rings. The van der Waals surface area contributed by atoms with Gasteiger partial charge in [0, 0.05) is 18.3 Å². The van der Waals surface area contributed by atoms with Crippen molar-refractivity contribution in [1.82, 2.24) is 4.90 Å². The van der Waals surface area contributed by atoms with Gasteiger partial charge in [0.25, 0.3) is 5.91 Å². The van der Waals surface area contributed by atoms with E-state index in [9.17, 15) is 9.59 Å². The van der Waals surface area contributed by atoms with E-state index in [-0.39, 0.29) is 18.4 Å². The molecule has 1 atom stereocenters. The molecule has 162 valence electrons. The lowest BCUT2D eigenvalue weighted by atomic mass is 10.1. The first-order valence-corrected chi connectivity index (χ1v) is 10.3. The molecule has 2 N–H and O–H groups in total. The lowest BCUT2D eigenvalue weighted by molar-refractivity contribution is -0.885. The minimum atomic E-state index is -0.206. The molecular formula is C25H30N3O3+. The number of hydrogen-bond donors (Lipinski definition) is 2. The maximum absolute atomic E-state index is 12.6. The van der Waals surface area contributed by atoms with E-state index < -0.39 is 0 Å². The first-order chi connectivity index (χ1) is 14.8. The van der Waals surface area contributed by atoms with E-state index in [2.05, 4.69) is 23.5 Å². The van der Waals surface area contributed by atoms with Crippen molar-refractivity contribution >= 4 is 28.3 Å². The Morgan fingerprint density at radius 2 is 1.68 bits per heavy atom. The van der Waals surface area contributed by atoms with E-state index in [0.717, 1.165) is 44.8 Å². The number of nitrogens with zero attached hydrogens (tertiary/aromatic N) is 1. The molecule has 0 heterocycles. The summed E-state index contributed by atoms with van der Waals surface area (Å²) in [5, 5.41) is 5.09. The predicted molar refractivity (Wildman–Crippen MR) is 123 cm³/mol. The molecule has 2 amide bonds. The van der Waals surface area contributed by atoms with Crippen molar-refractivity contribution in [3.63, 3.8) is 0 Å². The smallest absolute Gasteiger partial charge is 0.277 e. The second-order valence-corrected chi connectivity index (χ2v) is 8.02. The van der Waals surface area contributed by atoms with E-state index in [4.69, 9.17) is 4.74 Å². The Bertz CT molecular complexity index is 1060.